The topological polar surface area (TPSA) is 66.5 Å². The first-order chi connectivity index (χ1) is 13.4. The molecule has 0 fully saturated rings. The van der Waals surface area contributed by atoms with Crippen LogP contribution in [-0.2, 0) is 24.2 Å². The quantitative estimate of drug-likeness (QED) is 0.753. The SMILES string of the molecule is CN(C)C(=O)c1ccc(CNC(=O)CCC(=O)c2ccc3c(c2)CCC3)cc1. The molecular formula is C23H26N2O3. The van der Waals surface area contributed by atoms with Crippen molar-refractivity contribution in [2.24, 2.45) is 0 Å². The monoisotopic (exact) mass is 378 g/mol. The van der Waals surface area contributed by atoms with Crippen LogP contribution in [0.25, 0.3) is 0 Å². The van der Waals surface area contributed by atoms with Crippen molar-refractivity contribution in [1.82, 2.24) is 10.2 Å². The van der Waals surface area contributed by atoms with Gasteiger partial charge in [-0.2, -0.15) is 0 Å². The molecule has 28 heavy (non-hydrogen) atoms. The zero-order chi connectivity index (χ0) is 20.1. The van der Waals surface area contributed by atoms with Gasteiger partial charge < -0.3 is 10.2 Å². The molecule has 2 aromatic carbocycles. The molecule has 0 radical (unpaired) electrons. The molecule has 0 spiro atoms. The average Bonchev–Trinajstić information content (AvgIpc) is 3.18. The summed E-state index contributed by atoms with van der Waals surface area (Å²) in [7, 11) is 3.42. The Morgan fingerprint density at radius 2 is 1.57 bits per heavy atom. The van der Waals surface area contributed by atoms with Crippen molar-refractivity contribution >= 4 is 17.6 Å². The van der Waals surface area contributed by atoms with Crippen molar-refractivity contribution in [2.75, 3.05) is 14.1 Å². The van der Waals surface area contributed by atoms with Gasteiger partial charge in [0.25, 0.3) is 5.91 Å². The van der Waals surface area contributed by atoms with Crippen LogP contribution in [0.3, 0.4) is 0 Å². The number of rotatable bonds is 7. The molecule has 2 aromatic rings. The Balaban J connectivity index is 1.45. The third-order valence-corrected chi connectivity index (χ3v) is 5.10. The Bertz CT molecular complexity index is 885. The highest BCUT2D eigenvalue weighted by atomic mass is 16.2. The minimum Gasteiger partial charge on any atom is -0.352 e. The predicted octanol–water partition coefficient (Wildman–Crippen LogP) is 3.16. The molecule has 5 nitrogen and oxygen atoms in total. The molecular weight excluding hydrogens is 352 g/mol. The second-order valence-corrected chi connectivity index (χ2v) is 7.43. The van der Waals surface area contributed by atoms with E-state index in [1.807, 2.05) is 30.3 Å². The number of carbonyl (C=O) groups is 3. The van der Waals surface area contributed by atoms with Gasteiger partial charge in [0.15, 0.2) is 5.78 Å². The molecule has 0 heterocycles. The smallest absolute Gasteiger partial charge is 0.253 e. The number of aryl methyl sites for hydroxylation is 2. The molecule has 0 unspecified atom stereocenters. The summed E-state index contributed by atoms with van der Waals surface area (Å²) in [6.45, 7) is 0.377. The summed E-state index contributed by atoms with van der Waals surface area (Å²) in [5.74, 6) is -0.194. The van der Waals surface area contributed by atoms with E-state index < -0.39 is 0 Å². The molecule has 146 valence electrons. The third kappa shape index (κ3) is 4.85. The summed E-state index contributed by atoms with van der Waals surface area (Å²) in [5, 5.41) is 2.83. The second kappa shape index (κ2) is 8.83. The van der Waals surface area contributed by atoms with E-state index in [-0.39, 0.29) is 30.4 Å². The summed E-state index contributed by atoms with van der Waals surface area (Å²) in [6, 6.07) is 13.1. The van der Waals surface area contributed by atoms with Crippen LogP contribution in [-0.4, -0.2) is 36.6 Å². The molecule has 0 atom stereocenters. The van der Waals surface area contributed by atoms with Crippen LogP contribution in [0.5, 0.6) is 0 Å². The summed E-state index contributed by atoms with van der Waals surface area (Å²) in [6.07, 6.45) is 3.67. The van der Waals surface area contributed by atoms with Crippen molar-refractivity contribution in [3.63, 3.8) is 0 Å². The van der Waals surface area contributed by atoms with E-state index in [9.17, 15) is 14.4 Å². The van der Waals surface area contributed by atoms with Gasteiger partial charge in [-0.15, -0.1) is 0 Å². The molecule has 0 saturated carbocycles. The van der Waals surface area contributed by atoms with Crippen molar-refractivity contribution in [2.45, 2.75) is 38.6 Å². The van der Waals surface area contributed by atoms with Gasteiger partial charge in [-0.1, -0.05) is 24.3 Å². The molecule has 0 aromatic heterocycles. The number of ketones is 1. The lowest BCUT2D eigenvalue weighted by molar-refractivity contribution is -0.121. The molecule has 1 aliphatic carbocycles. The number of hydrogen-bond acceptors (Lipinski definition) is 3. The zero-order valence-electron chi connectivity index (χ0n) is 16.5. The Labute approximate surface area is 165 Å². The van der Waals surface area contributed by atoms with E-state index in [4.69, 9.17) is 0 Å². The van der Waals surface area contributed by atoms with Gasteiger partial charge >= 0.3 is 0 Å². The summed E-state index contributed by atoms with van der Waals surface area (Å²) in [4.78, 5) is 37.8. The molecule has 1 N–H and O–H groups in total. The van der Waals surface area contributed by atoms with Gasteiger partial charge in [-0.05, 0) is 54.2 Å². The van der Waals surface area contributed by atoms with E-state index >= 15 is 0 Å². The van der Waals surface area contributed by atoms with E-state index in [1.54, 1.807) is 26.2 Å². The van der Waals surface area contributed by atoms with Gasteiger partial charge in [0, 0.05) is 44.6 Å². The number of amides is 2. The highest BCUT2D eigenvalue weighted by Crippen LogP contribution is 2.23. The van der Waals surface area contributed by atoms with E-state index in [0.717, 1.165) is 24.8 Å². The largest absolute Gasteiger partial charge is 0.352 e. The highest BCUT2D eigenvalue weighted by Gasteiger charge is 2.15. The maximum Gasteiger partial charge on any atom is 0.253 e. The number of Topliss-reactive ketones (excluding diaryl/α,β-unsaturated/α-hetero) is 1. The number of carbonyl (C=O) groups excluding carboxylic acids is 3. The molecule has 5 heteroatoms. The highest BCUT2D eigenvalue weighted by molar-refractivity contribution is 5.98. The maximum atomic E-state index is 12.4. The van der Waals surface area contributed by atoms with Crippen molar-refractivity contribution in [3.05, 3.63) is 70.3 Å². The third-order valence-electron chi connectivity index (χ3n) is 5.10. The van der Waals surface area contributed by atoms with Crippen molar-refractivity contribution < 1.29 is 14.4 Å². The van der Waals surface area contributed by atoms with Crippen LogP contribution in [0.4, 0.5) is 0 Å². The average molecular weight is 378 g/mol. The predicted molar refractivity (Wildman–Crippen MR) is 108 cm³/mol. The Morgan fingerprint density at radius 1 is 0.893 bits per heavy atom. The fraction of sp³-hybridized carbons (Fsp3) is 0.348. The standard InChI is InChI=1S/C23H26N2O3/c1-25(2)23(28)18-8-6-16(7-9-18)15-24-22(27)13-12-21(26)20-11-10-17-4-3-5-19(17)14-20/h6-11,14H,3-5,12-13,15H2,1-2H3,(H,24,27). The molecule has 3 rings (SSSR count). The van der Waals surface area contributed by atoms with Crippen LogP contribution in [0, 0.1) is 0 Å². The van der Waals surface area contributed by atoms with E-state index in [0.29, 0.717) is 17.7 Å². The van der Waals surface area contributed by atoms with Gasteiger partial charge in [0.2, 0.25) is 5.91 Å². The van der Waals surface area contributed by atoms with Crippen LogP contribution in [0.2, 0.25) is 0 Å². The number of nitrogens with one attached hydrogen (secondary N) is 1. The van der Waals surface area contributed by atoms with Crippen molar-refractivity contribution in [1.29, 1.82) is 0 Å². The minimum absolute atomic E-state index is 0.0106. The molecule has 2 amide bonds. The first kappa shape index (κ1) is 19.8. The van der Waals surface area contributed by atoms with E-state index in [1.165, 1.54) is 16.0 Å². The number of fused-ring (bicyclic) bond motifs is 1. The first-order valence-corrected chi connectivity index (χ1v) is 9.66. The van der Waals surface area contributed by atoms with Gasteiger partial charge in [0.1, 0.15) is 0 Å². The number of hydrogen-bond donors (Lipinski definition) is 1. The van der Waals surface area contributed by atoms with Crippen molar-refractivity contribution in [3.8, 4) is 0 Å². The summed E-state index contributed by atoms with van der Waals surface area (Å²) in [5.41, 5.74) is 4.84. The molecule has 0 saturated heterocycles. The van der Waals surface area contributed by atoms with Crippen LogP contribution < -0.4 is 5.32 Å². The normalized spacial score (nSPS) is 12.4. The molecule has 0 bridgehead atoms. The lowest BCUT2D eigenvalue weighted by Crippen LogP contribution is -2.24. The summed E-state index contributed by atoms with van der Waals surface area (Å²) < 4.78 is 0. The Morgan fingerprint density at radius 3 is 2.29 bits per heavy atom. The second-order valence-electron chi connectivity index (χ2n) is 7.43. The van der Waals surface area contributed by atoms with E-state index in [2.05, 4.69) is 5.32 Å². The fourth-order valence-corrected chi connectivity index (χ4v) is 3.43. The zero-order valence-corrected chi connectivity index (χ0v) is 16.5. The first-order valence-electron chi connectivity index (χ1n) is 9.66. The molecule has 1 aliphatic rings. The van der Waals surface area contributed by atoms with Crippen LogP contribution >= 0.6 is 0 Å². The lowest BCUT2D eigenvalue weighted by atomic mass is 10.0. The maximum absolute atomic E-state index is 12.4. The van der Waals surface area contributed by atoms with Crippen LogP contribution in [0.15, 0.2) is 42.5 Å². The fourth-order valence-electron chi connectivity index (χ4n) is 3.43. The summed E-state index contributed by atoms with van der Waals surface area (Å²) >= 11 is 0. The van der Waals surface area contributed by atoms with Gasteiger partial charge in [-0.25, -0.2) is 0 Å². The number of nitrogens with zero attached hydrogens (tertiary/aromatic N) is 1. The van der Waals surface area contributed by atoms with Gasteiger partial charge in [-0.3, -0.25) is 14.4 Å². The minimum atomic E-state index is -0.150. The Hall–Kier alpha value is -2.95. The lowest BCUT2D eigenvalue weighted by Gasteiger charge is -2.11. The van der Waals surface area contributed by atoms with Gasteiger partial charge in [0.05, 0.1) is 0 Å². The van der Waals surface area contributed by atoms with Crippen LogP contribution in [0.1, 0.15) is 56.7 Å². The Kier molecular flexibility index (Phi) is 6.24. The number of benzene rings is 2. The molecule has 0 aliphatic heterocycles.